The first-order valence-electron chi connectivity index (χ1n) is 5.98. The number of rotatable bonds is 3. The van der Waals surface area contributed by atoms with Crippen LogP contribution in [0.1, 0.15) is 0 Å². The van der Waals surface area contributed by atoms with Crippen LogP contribution in [0.25, 0.3) is 0 Å². The second kappa shape index (κ2) is 6.92. The molecule has 6 nitrogen and oxygen atoms in total. The van der Waals surface area contributed by atoms with Crippen LogP contribution in [0.3, 0.4) is 0 Å². The molecule has 2 rings (SSSR count). The van der Waals surface area contributed by atoms with Crippen molar-refractivity contribution in [2.24, 2.45) is 5.92 Å². The largest absolute Gasteiger partial charge is 0.375 e. The van der Waals surface area contributed by atoms with E-state index in [0.29, 0.717) is 26.2 Å². The summed E-state index contributed by atoms with van der Waals surface area (Å²) >= 11 is 0. The van der Waals surface area contributed by atoms with E-state index in [2.05, 4.69) is 5.32 Å². The highest BCUT2D eigenvalue weighted by Crippen LogP contribution is 2.11. The maximum absolute atomic E-state index is 11.9. The third-order valence-corrected chi connectivity index (χ3v) is 3.34. The minimum absolute atomic E-state index is 0. The number of halogens is 1. The Kier molecular flexibility index (Phi) is 5.84. The number of methoxy groups -OCH3 is 1. The molecule has 0 aromatic rings. The van der Waals surface area contributed by atoms with Crippen molar-refractivity contribution >= 4 is 24.2 Å². The third kappa shape index (κ3) is 3.34. The molecule has 2 heterocycles. The maximum atomic E-state index is 11.9. The summed E-state index contributed by atoms with van der Waals surface area (Å²) in [7, 11) is 1.52. The first kappa shape index (κ1) is 15.2. The van der Waals surface area contributed by atoms with E-state index < -0.39 is 0 Å². The van der Waals surface area contributed by atoms with Gasteiger partial charge < -0.3 is 19.9 Å². The van der Waals surface area contributed by atoms with Gasteiger partial charge in [0.15, 0.2) is 0 Å². The summed E-state index contributed by atoms with van der Waals surface area (Å²) in [5.74, 6) is 0.378. The summed E-state index contributed by atoms with van der Waals surface area (Å²) in [6, 6.07) is 0. The van der Waals surface area contributed by atoms with Crippen LogP contribution in [-0.2, 0) is 14.3 Å². The predicted molar refractivity (Wildman–Crippen MR) is 68.6 cm³/mol. The first-order valence-corrected chi connectivity index (χ1v) is 5.98. The summed E-state index contributed by atoms with van der Waals surface area (Å²) in [6.07, 6.45) is 0. The minimum atomic E-state index is 0. The highest BCUT2D eigenvalue weighted by Gasteiger charge is 2.31. The van der Waals surface area contributed by atoms with Crippen molar-refractivity contribution in [1.29, 1.82) is 0 Å². The average molecular weight is 278 g/mol. The minimum Gasteiger partial charge on any atom is -0.375 e. The summed E-state index contributed by atoms with van der Waals surface area (Å²) in [4.78, 5) is 27.1. The molecular formula is C11H20ClN3O3. The number of amides is 2. The molecule has 0 atom stereocenters. The van der Waals surface area contributed by atoms with Gasteiger partial charge in [-0.1, -0.05) is 0 Å². The smallest absolute Gasteiger partial charge is 0.248 e. The molecule has 2 amide bonds. The highest BCUT2D eigenvalue weighted by molar-refractivity contribution is 5.85. The number of nitrogens with one attached hydrogen (secondary N) is 1. The van der Waals surface area contributed by atoms with E-state index >= 15 is 0 Å². The highest BCUT2D eigenvalue weighted by atomic mass is 35.5. The molecule has 2 saturated heterocycles. The number of ether oxygens (including phenoxy) is 1. The molecule has 0 bridgehead atoms. The molecule has 2 aliphatic heterocycles. The Balaban J connectivity index is 0.00000162. The van der Waals surface area contributed by atoms with Gasteiger partial charge in [0.2, 0.25) is 11.8 Å². The number of hydrogen-bond acceptors (Lipinski definition) is 4. The summed E-state index contributed by atoms with van der Waals surface area (Å²) in [5.41, 5.74) is 0. The van der Waals surface area contributed by atoms with E-state index in [9.17, 15) is 9.59 Å². The van der Waals surface area contributed by atoms with E-state index in [4.69, 9.17) is 4.74 Å². The van der Waals surface area contributed by atoms with Crippen molar-refractivity contribution in [2.75, 3.05) is 53.0 Å². The Morgan fingerprint density at radius 3 is 2.17 bits per heavy atom. The topological polar surface area (TPSA) is 61.9 Å². The van der Waals surface area contributed by atoms with Gasteiger partial charge in [-0.25, -0.2) is 0 Å². The Morgan fingerprint density at radius 2 is 1.72 bits per heavy atom. The van der Waals surface area contributed by atoms with Crippen molar-refractivity contribution in [3.63, 3.8) is 0 Å². The van der Waals surface area contributed by atoms with Gasteiger partial charge in [-0.2, -0.15) is 0 Å². The van der Waals surface area contributed by atoms with Crippen molar-refractivity contribution in [1.82, 2.24) is 15.1 Å². The molecule has 2 fully saturated rings. The van der Waals surface area contributed by atoms with Crippen molar-refractivity contribution in [3.8, 4) is 0 Å². The molecule has 104 valence electrons. The molecule has 0 unspecified atom stereocenters. The Hall–Kier alpha value is -0.850. The lowest BCUT2D eigenvalue weighted by atomic mass is 10.0. The van der Waals surface area contributed by atoms with Crippen molar-refractivity contribution < 1.29 is 14.3 Å². The van der Waals surface area contributed by atoms with Crippen LogP contribution in [0.15, 0.2) is 0 Å². The zero-order chi connectivity index (χ0) is 12.3. The number of piperazine rings is 1. The fourth-order valence-electron chi connectivity index (χ4n) is 2.11. The monoisotopic (exact) mass is 277 g/mol. The maximum Gasteiger partial charge on any atom is 0.248 e. The van der Waals surface area contributed by atoms with Gasteiger partial charge in [0.1, 0.15) is 6.61 Å². The lowest BCUT2D eigenvalue weighted by Crippen LogP contribution is -2.57. The molecule has 0 saturated carbocycles. The van der Waals surface area contributed by atoms with Crippen LogP contribution in [-0.4, -0.2) is 74.6 Å². The summed E-state index contributed by atoms with van der Waals surface area (Å²) in [6.45, 7) is 4.24. The number of carbonyl (C=O) groups is 2. The van der Waals surface area contributed by atoms with Crippen LogP contribution in [0.4, 0.5) is 0 Å². The molecule has 0 spiro atoms. The number of carbonyl (C=O) groups excluding carboxylic acids is 2. The molecule has 18 heavy (non-hydrogen) atoms. The zero-order valence-corrected chi connectivity index (χ0v) is 11.4. The standard InChI is InChI=1S/C11H19N3O3.ClH/c1-17-8-10(15)13-2-4-14(5-3-13)11(16)9-6-12-7-9;/h9,12H,2-8H2,1H3;1H. The van der Waals surface area contributed by atoms with Crippen LogP contribution in [0.2, 0.25) is 0 Å². The van der Waals surface area contributed by atoms with E-state index in [1.165, 1.54) is 7.11 Å². The SMILES string of the molecule is COCC(=O)N1CCN(C(=O)C2CNC2)CC1.Cl. The van der Waals surface area contributed by atoms with Gasteiger partial charge in [-0.3, -0.25) is 9.59 Å². The van der Waals surface area contributed by atoms with Crippen LogP contribution in [0, 0.1) is 5.92 Å². The number of nitrogens with zero attached hydrogens (tertiary/aromatic N) is 2. The van der Waals surface area contributed by atoms with Crippen LogP contribution < -0.4 is 5.32 Å². The van der Waals surface area contributed by atoms with Gasteiger partial charge in [0, 0.05) is 46.4 Å². The van der Waals surface area contributed by atoms with Gasteiger partial charge in [0.05, 0.1) is 5.92 Å². The second-order valence-electron chi connectivity index (χ2n) is 4.49. The molecule has 0 radical (unpaired) electrons. The van der Waals surface area contributed by atoms with Gasteiger partial charge in [0.25, 0.3) is 0 Å². The summed E-state index contributed by atoms with van der Waals surface area (Å²) < 4.78 is 4.82. The average Bonchev–Trinajstić information content (AvgIpc) is 2.27. The zero-order valence-electron chi connectivity index (χ0n) is 10.6. The van der Waals surface area contributed by atoms with Gasteiger partial charge in [-0.05, 0) is 0 Å². The van der Waals surface area contributed by atoms with Crippen LogP contribution >= 0.6 is 12.4 Å². The molecule has 7 heteroatoms. The van der Waals surface area contributed by atoms with Gasteiger partial charge >= 0.3 is 0 Å². The quantitative estimate of drug-likeness (QED) is 0.715. The summed E-state index contributed by atoms with van der Waals surface area (Å²) in [5, 5.41) is 3.10. The van der Waals surface area contributed by atoms with Crippen molar-refractivity contribution in [2.45, 2.75) is 0 Å². The molecule has 0 aromatic carbocycles. The van der Waals surface area contributed by atoms with E-state index in [-0.39, 0.29) is 36.7 Å². The fraction of sp³-hybridized carbons (Fsp3) is 0.818. The lowest BCUT2D eigenvalue weighted by molar-refractivity contribution is -0.144. The molecule has 2 aliphatic rings. The van der Waals surface area contributed by atoms with Crippen LogP contribution in [0.5, 0.6) is 0 Å². The van der Waals surface area contributed by atoms with Crippen molar-refractivity contribution in [3.05, 3.63) is 0 Å². The van der Waals surface area contributed by atoms with E-state index in [1.807, 2.05) is 4.90 Å². The predicted octanol–water partition coefficient (Wildman–Crippen LogP) is -1.06. The third-order valence-electron chi connectivity index (χ3n) is 3.34. The Morgan fingerprint density at radius 1 is 1.17 bits per heavy atom. The first-order chi connectivity index (χ1) is 8.22. The second-order valence-corrected chi connectivity index (χ2v) is 4.49. The van der Waals surface area contributed by atoms with E-state index in [1.54, 1.807) is 4.90 Å². The molecule has 1 N–H and O–H groups in total. The number of hydrogen-bond donors (Lipinski definition) is 1. The fourth-order valence-corrected chi connectivity index (χ4v) is 2.11. The normalized spacial score (nSPS) is 20.1. The van der Waals surface area contributed by atoms with E-state index in [0.717, 1.165) is 13.1 Å². The lowest BCUT2D eigenvalue weighted by Gasteiger charge is -2.38. The Bertz CT molecular complexity index is 302. The molecule has 0 aromatic heterocycles. The molecule has 0 aliphatic carbocycles. The Labute approximate surface area is 113 Å². The molecular weight excluding hydrogens is 258 g/mol. The van der Waals surface area contributed by atoms with Gasteiger partial charge in [-0.15, -0.1) is 12.4 Å².